The van der Waals surface area contributed by atoms with E-state index in [9.17, 15) is 0 Å². The summed E-state index contributed by atoms with van der Waals surface area (Å²) in [5.41, 5.74) is 0. The smallest absolute Gasteiger partial charge is 0.191 e. The number of nitrogens with zero attached hydrogens (tertiary/aromatic N) is 3. The van der Waals surface area contributed by atoms with Crippen molar-refractivity contribution in [2.24, 2.45) is 10.9 Å². The minimum absolute atomic E-state index is 0.474. The third-order valence-corrected chi connectivity index (χ3v) is 4.42. The predicted molar refractivity (Wildman–Crippen MR) is 96.6 cm³/mol. The fourth-order valence-corrected chi connectivity index (χ4v) is 2.75. The van der Waals surface area contributed by atoms with Crippen LogP contribution in [0.4, 0.5) is 0 Å². The molecule has 1 saturated heterocycles. The molecule has 5 nitrogen and oxygen atoms in total. The molecule has 5 heteroatoms. The lowest BCUT2D eigenvalue weighted by Crippen LogP contribution is -2.49. The number of piperazine rings is 1. The Morgan fingerprint density at radius 1 is 1.05 bits per heavy atom. The molecule has 1 rings (SSSR count). The molecule has 1 aliphatic heterocycles. The number of likely N-dealkylation sites (N-methyl/N-ethyl adjacent to an activating group) is 1. The molecule has 1 heterocycles. The first-order valence-electron chi connectivity index (χ1n) is 8.97. The number of guanidine groups is 1. The molecule has 0 aromatic heterocycles. The van der Waals surface area contributed by atoms with Crippen LogP contribution in [0.2, 0.25) is 0 Å². The third-order valence-electron chi connectivity index (χ3n) is 4.42. The highest BCUT2D eigenvalue weighted by Crippen LogP contribution is 2.06. The van der Waals surface area contributed by atoms with Crippen molar-refractivity contribution >= 4 is 5.96 Å². The van der Waals surface area contributed by atoms with Crippen molar-refractivity contribution in [3.8, 4) is 0 Å². The van der Waals surface area contributed by atoms with E-state index >= 15 is 0 Å². The van der Waals surface area contributed by atoms with Gasteiger partial charge in [-0.05, 0) is 32.2 Å². The van der Waals surface area contributed by atoms with E-state index in [0.717, 1.165) is 25.0 Å². The molecule has 0 radical (unpaired) electrons. The fourth-order valence-electron chi connectivity index (χ4n) is 2.75. The summed E-state index contributed by atoms with van der Waals surface area (Å²) in [5, 5.41) is 6.93. The van der Waals surface area contributed by atoms with E-state index in [1.807, 2.05) is 7.05 Å². The summed E-state index contributed by atoms with van der Waals surface area (Å²) < 4.78 is 0. The quantitative estimate of drug-likeness (QED) is 0.528. The van der Waals surface area contributed by atoms with Gasteiger partial charge in [-0.3, -0.25) is 9.89 Å². The SMILES string of the molecule is CCN1CCN(CCNC(=NC)NC(C)CCC(C)C)CC1. The maximum Gasteiger partial charge on any atom is 0.191 e. The summed E-state index contributed by atoms with van der Waals surface area (Å²) >= 11 is 0. The van der Waals surface area contributed by atoms with E-state index in [1.54, 1.807) is 0 Å². The van der Waals surface area contributed by atoms with E-state index < -0.39 is 0 Å². The number of rotatable bonds is 8. The molecule has 0 aromatic rings. The summed E-state index contributed by atoms with van der Waals surface area (Å²) in [5.74, 6) is 1.70. The molecule has 22 heavy (non-hydrogen) atoms. The van der Waals surface area contributed by atoms with Crippen LogP contribution < -0.4 is 10.6 Å². The second-order valence-corrected chi connectivity index (χ2v) is 6.79. The zero-order chi connectivity index (χ0) is 16.4. The van der Waals surface area contributed by atoms with E-state index in [1.165, 1.54) is 45.6 Å². The van der Waals surface area contributed by atoms with Crippen molar-refractivity contribution in [3.63, 3.8) is 0 Å². The van der Waals surface area contributed by atoms with Gasteiger partial charge in [0.2, 0.25) is 0 Å². The summed E-state index contributed by atoms with van der Waals surface area (Å²) in [6.45, 7) is 17.0. The van der Waals surface area contributed by atoms with E-state index in [-0.39, 0.29) is 0 Å². The molecule has 1 aliphatic rings. The molecule has 0 aliphatic carbocycles. The van der Waals surface area contributed by atoms with Crippen LogP contribution in [0.15, 0.2) is 4.99 Å². The van der Waals surface area contributed by atoms with Gasteiger partial charge in [0, 0.05) is 52.4 Å². The van der Waals surface area contributed by atoms with Gasteiger partial charge in [0.25, 0.3) is 0 Å². The molecule has 1 fully saturated rings. The largest absolute Gasteiger partial charge is 0.355 e. The average Bonchev–Trinajstić information content (AvgIpc) is 2.52. The topological polar surface area (TPSA) is 42.9 Å². The van der Waals surface area contributed by atoms with Crippen LogP contribution in [0.5, 0.6) is 0 Å². The lowest BCUT2D eigenvalue weighted by molar-refractivity contribution is 0.139. The first-order valence-corrected chi connectivity index (χ1v) is 8.97. The lowest BCUT2D eigenvalue weighted by Gasteiger charge is -2.34. The van der Waals surface area contributed by atoms with Crippen molar-refractivity contribution in [2.45, 2.75) is 46.6 Å². The summed E-state index contributed by atoms with van der Waals surface area (Å²) in [4.78, 5) is 9.38. The normalized spacial score (nSPS) is 19.5. The molecule has 130 valence electrons. The number of hydrogen-bond donors (Lipinski definition) is 2. The third kappa shape index (κ3) is 7.99. The number of nitrogens with one attached hydrogen (secondary N) is 2. The van der Waals surface area contributed by atoms with E-state index in [2.05, 4.69) is 53.1 Å². The van der Waals surface area contributed by atoms with Gasteiger partial charge in [-0.2, -0.15) is 0 Å². The molecule has 0 bridgehead atoms. The summed E-state index contributed by atoms with van der Waals surface area (Å²) in [6.07, 6.45) is 2.45. The standard InChI is InChI=1S/C17H37N5/c1-6-21-11-13-22(14-12-21)10-9-19-17(18-5)20-16(4)8-7-15(2)3/h15-16H,6-14H2,1-5H3,(H2,18,19,20). The van der Waals surface area contributed by atoms with E-state index in [4.69, 9.17) is 0 Å². The Labute approximate surface area is 137 Å². The van der Waals surface area contributed by atoms with Crippen LogP contribution in [0.1, 0.15) is 40.5 Å². The van der Waals surface area contributed by atoms with Crippen molar-refractivity contribution in [1.82, 2.24) is 20.4 Å². The summed E-state index contributed by atoms with van der Waals surface area (Å²) in [7, 11) is 1.85. The Morgan fingerprint density at radius 2 is 1.68 bits per heavy atom. The molecular weight excluding hydrogens is 274 g/mol. The molecule has 0 amide bonds. The zero-order valence-electron chi connectivity index (χ0n) is 15.4. The molecule has 0 saturated carbocycles. The number of aliphatic imine (C=N–C) groups is 1. The molecule has 1 atom stereocenters. The van der Waals surface area contributed by atoms with Gasteiger partial charge in [-0.15, -0.1) is 0 Å². The Kier molecular flexibility index (Phi) is 9.48. The second-order valence-electron chi connectivity index (χ2n) is 6.79. The highest BCUT2D eigenvalue weighted by atomic mass is 15.3. The van der Waals surface area contributed by atoms with Crippen molar-refractivity contribution < 1.29 is 0 Å². The first kappa shape index (κ1) is 19.2. The Hall–Kier alpha value is -0.810. The first-order chi connectivity index (χ1) is 10.5. The zero-order valence-corrected chi connectivity index (χ0v) is 15.4. The molecule has 1 unspecified atom stereocenters. The minimum atomic E-state index is 0.474. The van der Waals surface area contributed by atoms with Crippen LogP contribution in [-0.2, 0) is 0 Å². The summed E-state index contributed by atoms with van der Waals surface area (Å²) in [6, 6.07) is 0.474. The van der Waals surface area contributed by atoms with E-state index in [0.29, 0.717) is 6.04 Å². The van der Waals surface area contributed by atoms with Gasteiger partial charge in [0.1, 0.15) is 0 Å². The van der Waals surface area contributed by atoms with Crippen molar-refractivity contribution in [3.05, 3.63) is 0 Å². The molecule has 0 aromatic carbocycles. The molecular formula is C17H37N5. The van der Waals surface area contributed by atoms with Gasteiger partial charge in [-0.1, -0.05) is 20.8 Å². The van der Waals surface area contributed by atoms with Crippen LogP contribution in [0, 0.1) is 5.92 Å². The average molecular weight is 312 g/mol. The van der Waals surface area contributed by atoms with Gasteiger partial charge in [-0.25, -0.2) is 0 Å². The maximum absolute atomic E-state index is 4.33. The van der Waals surface area contributed by atoms with Gasteiger partial charge in [0.05, 0.1) is 0 Å². The van der Waals surface area contributed by atoms with Crippen molar-refractivity contribution in [2.75, 3.05) is 52.9 Å². The highest BCUT2D eigenvalue weighted by Gasteiger charge is 2.15. The monoisotopic (exact) mass is 311 g/mol. The minimum Gasteiger partial charge on any atom is -0.355 e. The molecule has 2 N–H and O–H groups in total. The predicted octanol–water partition coefficient (Wildman–Crippen LogP) is 1.61. The Bertz CT molecular complexity index is 308. The maximum atomic E-state index is 4.33. The fraction of sp³-hybridized carbons (Fsp3) is 0.941. The van der Waals surface area contributed by atoms with Crippen LogP contribution >= 0.6 is 0 Å². The highest BCUT2D eigenvalue weighted by molar-refractivity contribution is 5.79. The Balaban J connectivity index is 2.16. The van der Waals surface area contributed by atoms with Gasteiger partial charge in [0.15, 0.2) is 5.96 Å². The Morgan fingerprint density at radius 3 is 2.23 bits per heavy atom. The second kappa shape index (κ2) is 10.8. The van der Waals surface area contributed by atoms with Crippen molar-refractivity contribution in [1.29, 1.82) is 0 Å². The van der Waals surface area contributed by atoms with Crippen LogP contribution in [0.25, 0.3) is 0 Å². The molecule has 0 spiro atoms. The van der Waals surface area contributed by atoms with Crippen LogP contribution in [0.3, 0.4) is 0 Å². The lowest BCUT2D eigenvalue weighted by atomic mass is 10.0. The number of hydrogen-bond acceptors (Lipinski definition) is 3. The van der Waals surface area contributed by atoms with Crippen LogP contribution in [-0.4, -0.2) is 74.7 Å². The van der Waals surface area contributed by atoms with Gasteiger partial charge >= 0.3 is 0 Å². The van der Waals surface area contributed by atoms with Gasteiger partial charge < -0.3 is 15.5 Å².